The molecule has 0 atom stereocenters. The third-order valence-electron chi connectivity index (χ3n) is 2.76. The second-order valence-corrected chi connectivity index (χ2v) is 3.98. The number of hydrogen-bond donors (Lipinski definition) is 1. The van der Waals surface area contributed by atoms with E-state index in [4.69, 9.17) is 0 Å². The Morgan fingerprint density at radius 1 is 1.41 bits per heavy atom. The van der Waals surface area contributed by atoms with E-state index in [1.807, 2.05) is 20.0 Å². The fraction of sp³-hybridized carbons (Fsp3) is 0.308. The van der Waals surface area contributed by atoms with Gasteiger partial charge in [0.15, 0.2) is 0 Å². The minimum Gasteiger partial charge on any atom is -0.319 e. The summed E-state index contributed by atoms with van der Waals surface area (Å²) in [5.74, 6) is 0.576. The zero-order chi connectivity index (χ0) is 12.3. The van der Waals surface area contributed by atoms with Crippen LogP contribution in [0.15, 0.2) is 30.6 Å². The van der Waals surface area contributed by atoms with Crippen LogP contribution in [-0.4, -0.2) is 23.1 Å². The summed E-state index contributed by atoms with van der Waals surface area (Å²) in [6.45, 7) is 2.71. The van der Waals surface area contributed by atoms with Crippen LogP contribution in [0.5, 0.6) is 0 Å². The van der Waals surface area contributed by atoms with Crippen molar-refractivity contribution in [2.75, 3.05) is 13.6 Å². The van der Waals surface area contributed by atoms with Crippen LogP contribution in [0.25, 0.3) is 5.69 Å². The van der Waals surface area contributed by atoms with Crippen LogP contribution < -0.4 is 5.32 Å². The molecular formula is C13H16FN3. The van der Waals surface area contributed by atoms with Gasteiger partial charge in [-0.05, 0) is 44.6 Å². The summed E-state index contributed by atoms with van der Waals surface area (Å²) >= 11 is 0. The molecular weight excluding hydrogens is 217 g/mol. The van der Waals surface area contributed by atoms with Crippen molar-refractivity contribution < 1.29 is 4.39 Å². The molecule has 0 saturated carbocycles. The molecule has 0 amide bonds. The van der Waals surface area contributed by atoms with Gasteiger partial charge in [-0.2, -0.15) is 0 Å². The lowest BCUT2D eigenvalue weighted by molar-refractivity contribution is 0.613. The number of rotatable bonds is 4. The number of nitrogens with one attached hydrogen (secondary N) is 1. The lowest BCUT2D eigenvalue weighted by atomic mass is 10.1. The first kappa shape index (κ1) is 11.8. The highest BCUT2D eigenvalue weighted by Crippen LogP contribution is 2.16. The normalized spacial score (nSPS) is 10.8. The SMILES string of the molecule is CNCCc1ccc(-n2ccnc2C)c(F)c1. The van der Waals surface area contributed by atoms with Crippen LogP contribution in [0.2, 0.25) is 0 Å². The molecule has 3 nitrogen and oxygen atoms in total. The van der Waals surface area contributed by atoms with Crippen molar-refractivity contribution in [1.29, 1.82) is 0 Å². The fourth-order valence-corrected chi connectivity index (χ4v) is 1.80. The Bertz CT molecular complexity index is 505. The van der Waals surface area contributed by atoms with Crippen molar-refractivity contribution in [2.24, 2.45) is 0 Å². The minimum absolute atomic E-state index is 0.209. The van der Waals surface area contributed by atoms with Crippen molar-refractivity contribution in [2.45, 2.75) is 13.3 Å². The van der Waals surface area contributed by atoms with E-state index < -0.39 is 0 Å². The van der Waals surface area contributed by atoms with E-state index in [9.17, 15) is 4.39 Å². The Kier molecular flexibility index (Phi) is 3.54. The molecule has 1 aromatic carbocycles. The van der Waals surface area contributed by atoms with Crippen molar-refractivity contribution in [1.82, 2.24) is 14.9 Å². The molecule has 0 fully saturated rings. The van der Waals surface area contributed by atoms with E-state index in [-0.39, 0.29) is 5.82 Å². The first-order chi connectivity index (χ1) is 8.22. The summed E-state index contributed by atoms with van der Waals surface area (Å²) in [5.41, 5.74) is 1.55. The topological polar surface area (TPSA) is 29.9 Å². The molecule has 0 radical (unpaired) electrons. The summed E-state index contributed by atoms with van der Waals surface area (Å²) in [7, 11) is 1.89. The largest absolute Gasteiger partial charge is 0.319 e. The lowest BCUT2D eigenvalue weighted by Crippen LogP contribution is -2.10. The van der Waals surface area contributed by atoms with Crippen LogP contribution in [0.1, 0.15) is 11.4 Å². The van der Waals surface area contributed by atoms with Crippen LogP contribution in [-0.2, 0) is 6.42 Å². The maximum Gasteiger partial charge on any atom is 0.147 e. The highest BCUT2D eigenvalue weighted by Gasteiger charge is 2.07. The van der Waals surface area contributed by atoms with Gasteiger partial charge in [0.2, 0.25) is 0 Å². The summed E-state index contributed by atoms with van der Waals surface area (Å²) < 4.78 is 15.7. The number of nitrogens with zero attached hydrogens (tertiary/aromatic N) is 2. The number of hydrogen-bond acceptors (Lipinski definition) is 2. The monoisotopic (exact) mass is 233 g/mol. The Morgan fingerprint density at radius 3 is 2.82 bits per heavy atom. The van der Waals surface area contributed by atoms with Gasteiger partial charge in [0.05, 0.1) is 5.69 Å². The second kappa shape index (κ2) is 5.10. The van der Waals surface area contributed by atoms with Gasteiger partial charge in [-0.15, -0.1) is 0 Å². The molecule has 0 bridgehead atoms. The summed E-state index contributed by atoms with van der Waals surface area (Å²) in [5, 5.41) is 3.05. The highest BCUT2D eigenvalue weighted by molar-refractivity contribution is 5.37. The predicted octanol–water partition coefficient (Wildman–Crippen LogP) is 2.08. The highest BCUT2D eigenvalue weighted by atomic mass is 19.1. The average molecular weight is 233 g/mol. The van der Waals surface area contributed by atoms with Gasteiger partial charge < -0.3 is 9.88 Å². The number of aryl methyl sites for hydroxylation is 1. The molecule has 0 saturated heterocycles. The Morgan fingerprint density at radius 2 is 2.24 bits per heavy atom. The van der Waals surface area contributed by atoms with Crippen LogP contribution >= 0.6 is 0 Å². The van der Waals surface area contributed by atoms with Gasteiger partial charge in [0.25, 0.3) is 0 Å². The Hall–Kier alpha value is -1.68. The smallest absolute Gasteiger partial charge is 0.147 e. The van der Waals surface area contributed by atoms with Gasteiger partial charge in [0, 0.05) is 12.4 Å². The first-order valence-corrected chi connectivity index (χ1v) is 5.65. The molecule has 2 rings (SSSR count). The molecule has 4 heteroatoms. The molecule has 0 spiro atoms. The van der Waals surface area contributed by atoms with E-state index in [0.717, 1.165) is 24.4 Å². The standard InChI is InChI=1S/C13H16FN3/c1-10-16-7-8-17(10)13-4-3-11(5-6-15-2)9-12(13)14/h3-4,7-9,15H,5-6H2,1-2H3. The molecule has 1 N–H and O–H groups in total. The number of imidazole rings is 1. The van der Waals surface area contributed by atoms with Gasteiger partial charge in [-0.3, -0.25) is 0 Å². The molecule has 0 aliphatic carbocycles. The molecule has 0 unspecified atom stereocenters. The average Bonchev–Trinajstić information content (AvgIpc) is 2.73. The quantitative estimate of drug-likeness (QED) is 0.876. The van der Waals surface area contributed by atoms with E-state index in [2.05, 4.69) is 10.3 Å². The number of likely N-dealkylation sites (N-methyl/N-ethyl adjacent to an activating group) is 1. The molecule has 2 aromatic rings. The zero-order valence-corrected chi connectivity index (χ0v) is 10.1. The van der Waals surface area contributed by atoms with Crippen molar-refractivity contribution >= 4 is 0 Å². The molecule has 90 valence electrons. The molecule has 1 aromatic heterocycles. The van der Waals surface area contributed by atoms with Crippen molar-refractivity contribution in [3.8, 4) is 5.69 Å². The number of aromatic nitrogens is 2. The molecule has 0 aliphatic heterocycles. The van der Waals surface area contributed by atoms with E-state index in [1.165, 1.54) is 0 Å². The van der Waals surface area contributed by atoms with Crippen molar-refractivity contribution in [3.05, 3.63) is 47.8 Å². The second-order valence-electron chi connectivity index (χ2n) is 3.98. The molecule has 0 aliphatic rings. The zero-order valence-electron chi connectivity index (χ0n) is 10.1. The Labute approximate surface area is 100 Å². The summed E-state index contributed by atoms with van der Waals surface area (Å²) in [4.78, 5) is 4.09. The number of halogens is 1. The van der Waals surface area contributed by atoms with E-state index in [0.29, 0.717) is 5.69 Å². The van der Waals surface area contributed by atoms with E-state index >= 15 is 0 Å². The maximum absolute atomic E-state index is 14.0. The molecule has 1 heterocycles. The summed E-state index contributed by atoms with van der Waals surface area (Å²) in [6, 6.07) is 5.34. The van der Waals surface area contributed by atoms with Gasteiger partial charge in [-0.25, -0.2) is 9.37 Å². The lowest BCUT2D eigenvalue weighted by Gasteiger charge is -2.08. The van der Waals surface area contributed by atoms with Gasteiger partial charge in [-0.1, -0.05) is 6.07 Å². The first-order valence-electron chi connectivity index (χ1n) is 5.65. The minimum atomic E-state index is -0.209. The summed E-state index contributed by atoms with van der Waals surface area (Å²) in [6.07, 6.45) is 4.27. The van der Waals surface area contributed by atoms with E-state index in [1.54, 1.807) is 29.1 Å². The number of benzene rings is 1. The third kappa shape index (κ3) is 2.53. The fourth-order valence-electron chi connectivity index (χ4n) is 1.80. The predicted molar refractivity (Wildman–Crippen MR) is 65.9 cm³/mol. The van der Waals surface area contributed by atoms with Crippen LogP contribution in [0.3, 0.4) is 0 Å². The third-order valence-corrected chi connectivity index (χ3v) is 2.76. The van der Waals surface area contributed by atoms with Crippen LogP contribution in [0, 0.1) is 12.7 Å². The van der Waals surface area contributed by atoms with Crippen molar-refractivity contribution in [3.63, 3.8) is 0 Å². The maximum atomic E-state index is 14.0. The van der Waals surface area contributed by atoms with Crippen LogP contribution in [0.4, 0.5) is 4.39 Å². The molecule has 17 heavy (non-hydrogen) atoms. The van der Waals surface area contributed by atoms with Gasteiger partial charge >= 0.3 is 0 Å². The Balaban J connectivity index is 2.29. The van der Waals surface area contributed by atoms with Gasteiger partial charge in [0.1, 0.15) is 11.6 Å².